The van der Waals surface area contributed by atoms with Crippen molar-refractivity contribution < 1.29 is 10.2 Å². The van der Waals surface area contributed by atoms with Gasteiger partial charge in [0.15, 0.2) is 11.2 Å². The van der Waals surface area contributed by atoms with Gasteiger partial charge >= 0.3 is 0 Å². The van der Waals surface area contributed by atoms with E-state index in [9.17, 15) is 10.2 Å². The highest BCUT2D eigenvalue weighted by atomic mass is 16.3. The van der Waals surface area contributed by atoms with E-state index in [2.05, 4.69) is 35.5 Å². The van der Waals surface area contributed by atoms with Gasteiger partial charge < -0.3 is 10.2 Å². The number of hydrogen-bond donors (Lipinski definition) is 2. The summed E-state index contributed by atoms with van der Waals surface area (Å²) in [4.78, 5) is 0. The van der Waals surface area contributed by atoms with Crippen LogP contribution in [-0.4, -0.2) is 10.2 Å². The average molecular weight is 437 g/mol. The van der Waals surface area contributed by atoms with Crippen LogP contribution in [0, 0.1) is 35.5 Å². The van der Waals surface area contributed by atoms with Gasteiger partial charge in [-0.3, -0.25) is 0 Å². The zero-order chi connectivity index (χ0) is 23.4. The van der Waals surface area contributed by atoms with E-state index in [-0.39, 0.29) is 0 Å². The fourth-order valence-electron chi connectivity index (χ4n) is 4.22. The molecule has 2 nitrogen and oxygen atoms in total. The summed E-state index contributed by atoms with van der Waals surface area (Å²) < 4.78 is 0. The summed E-state index contributed by atoms with van der Waals surface area (Å²) in [5.74, 6) is 17.8. The van der Waals surface area contributed by atoms with Gasteiger partial charge in [-0.2, -0.15) is 0 Å². The first-order valence-corrected chi connectivity index (χ1v) is 10.9. The van der Waals surface area contributed by atoms with Crippen LogP contribution < -0.4 is 0 Å². The van der Waals surface area contributed by atoms with Crippen LogP contribution in [0.4, 0.5) is 0 Å². The number of aliphatic hydroxyl groups is 2. The molecular weight excluding hydrogens is 416 g/mol. The van der Waals surface area contributed by atoms with Gasteiger partial charge in [0.05, 0.1) is 0 Å². The molecule has 5 rings (SSSR count). The standard InChI is InChI=1S/C32H20O2/c33-31(23-12-11-17-25-13-3-1-4-14-25)27-18-7-9-20-29(27)32(34,30-21-10-8-19-28(30)31)24-22-26-15-5-2-6-16-26/h1-10,13-16,18-21,33-34H. The monoisotopic (exact) mass is 436 g/mol. The molecule has 0 atom stereocenters. The fourth-order valence-corrected chi connectivity index (χ4v) is 4.22. The normalized spacial score (nSPS) is 19.6. The van der Waals surface area contributed by atoms with Crippen LogP contribution in [0.3, 0.4) is 0 Å². The van der Waals surface area contributed by atoms with Crippen molar-refractivity contribution in [1.82, 2.24) is 0 Å². The van der Waals surface area contributed by atoms with E-state index in [0.717, 1.165) is 11.1 Å². The largest absolute Gasteiger partial charge is 0.369 e. The van der Waals surface area contributed by atoms with E-state index in [1.54, 1.807) is 24.3 Å². The Bertz CT molecular complexity index is 1480. The highest BCUT2D eigenvalue weighted by Gasteiger charge is 2.48. The summed E-state index contributed by atoms with van der Waals surface area (Å²) in [5.41, 5.74) is 0.392. The average Bonchev–Trinajstić information content (AvgIpc) is 2.90. The highest BCUT2D eigenvalue weighted by molar-refractivity contribution is 5.64. The molecule has 0 unspecified atom stereocenters. The van der Waals surface area contributed by atoms with Crippen molar-refractivity contribution in [1.29, 1.82) is 0 Å². The Balaban J connectivity index is 1.66. The molecule has 0 saturated carbocycles. The molecule has 0 bridgehead atoms. The minimum Gasteiger partial charge on any atom is -0.369 e. The summed E-state index contributed by atoms with van der Waals surface area (Å²) in [6.45, 7) is 0. The second kappa shape index (κ2) is 8.78. The van der Waals surface area contributed by atoms with Gasteiger partial charge in [-0.25, -0.2) is 0 Å². The van der Waals surface area contributed by atoms with Gasteiger partial charge in [0, 0.05) is 33.4 Å². The molecule has 2 N–H and O–H groups in total. The number of fused-ring (bicyclic) bond motifs is 2. The first kappa shape index (κ1) is 21.3. The van der Waals surface area contributed by atoms with Gasteiger partial charge in [-0.05, 0) is 42.0 Å². The molecule has 0 heterocycles. The number of hydrogen-bond acceptors (Lipinski definition) is 2. The van der Waals surface area contributed by atoms with Crippen LogP contribution in [0.2, 0.25) is 0 Å². The second-order valence-electron chi connectivity index (χ2n) is 7.99. The zero-order valence-electron chi connectivity index (χ0n) is 18.3. The predicted octanol–water partition coefficient (Wildman–Crippen LogP) is 4.58. The first-order chi connectivity index (χ1) is 16.6. The maximum Gasteiger partial charge on any atom is 0.178 e. The van der Waals surface area contributed by atoms with Crippen molar-refractivity contribution in [2.24, 2.45) is 0 Å². The maximum atomic E-state index is 11.9. The van der Waals surface area contributed by atoms with Crippen LogP contribution in [0.5, 0.6) is 0 Å². The van der Waals surface area contributed by atoms with Crippen LogP contribution in [-0.2, 0) is 11.2 Å². The molecular formula is C32H20O2. The molecule has 4 aromatic rings. The van der Waals surface area contributed by atoms with Crippen LogP contribution in [0.25, 0.3) is 0 Å². The third-order valence-electron chi connectivity index (χ3n) is 5.86. The van der Waals surface area contributed by atoms with E-state index in [1.165, 1.54) is 0 Å². The maximum absolute atomic E-state index is 11.9. The molecule has 1 aliphatic rings. The molecule has 160 valence electrons. The summed E-state index contributed by atoms with van der Waals surface area (Å²) in [6.07, 6.45) is 0. The smallest absolute Gasteiger partial charge is 0.178 e. The van der Waals surface area contributed by atoms with E-state index in [4.69, 9.17) is 0 Å². The quantitative estimate of drug-likeness (QED) is 0.396. The third-order valence-corrected chi connectivity index (χ3v) is 5.86. The van der Waals surface area contributed by atoms with Gasteiger partial charge in [0.25, 0.3) is 0 Å². The molecule has 1 aliphatic carbocycles. The van der Waals surface area contributed by atoms with Crippen molar-refractivity contribution in [3.05, 3.63) is 143 Å². The molecule has 0 aliphatic heterocycles. The molecule has 0 radical (unpaired) electrons. The lowest BCUT2D eigenvalue weighted by atomic mass is 9.68. The summed E-state index contributed by atoms with van der Waals surface area (Å²) in [7, 11) is 0. The molecule has 0 amide bonds. The molecule has 0 fully saturated rings. The van der Waals surface area contributed by atoms with Crippen LogP contribution in [0.15, 0.2) is 109 Å². The van der Waals surface area contributed by atoms with Gasteiger partial charge in [-0.15, -0.1) is 0 Å². The highest BCUT2D eigenvalue weighted by Crippen LogP contribution is 2.47. The van der Waals surface area contributed by atoms with Crippen molar-refractivity contribution in [2.45, 2.75) is 11.2 Å². The lowest BCUT2D eigenvalue weighted by molar-refractivity contribution is 0.0944. The Kier molecular flexibility index (Phi) is 5.51. The van der Waals surface area contributed by atoms with Crippen molar-refractivity contribution in [3.63, 3.8) is 0 Å². The van der Waals surface area contributed by atoms with Gasteiger partial charge in [-0.1, -0.05) is 103 Å². The molecule has 0 spiro atoms. The Hall–Kier alpha value is -4.52. The molecule has 34 heavy (non-hydrogen) atoms. The molecule has 4 aromatic carbocycles. The summed E-state index contributed by atoms with van der Waals surface area (Å²) in [5, 5.41) is 23.8. The van der Waals surface area contributed by atoms with E-state index >= 15 is 0 Å². The molecule has 0 saturated heterocycles. The fraction of sp³-hybridized carbons (Fsp3) is 0.0625. The van der Waals surface area contributed by atoms with Crippen molar-refractivity contribution in [2.75, 3.05) is 0 Å². The minimum absolute atomic E-state index is 0.493. The lowest BCUT2D eigenvalue weighted by Gasteiger charge is -2.39. The Labute approximate surface area is 199 Å². The van der Waals surface area contributed by atoms with Crippen molar-refractivity contribution >= 4 is 0 Å². The third kappa shape index (κ3) is 3.77. The first-order valence-electron chi connectivity index (χ1n) is 10.9. The Morgan fingerprint density at radius 1 is 0.412 bits per heavy atom. The number of benzene rings is 4. The van der Waals surface area contributed by atoms with Crippen molar-refractivity contribution in [3.8, 4) is 35.5 Å². The summed E-state index contributed by atoms with van der Waals surface area (Å²) >= 11 is 0. The predicted molar refractivity (Wildman–Crippen MR) is 133 cm³/mol. The Morgan fingerprint density at radius 3 is 1.26 bits per heavy atom. The van der Waals surface area contributed by atoms with E-state index < -0.39 is 11.2 Å². The second-order valence-corrected chi connectivity index (χ2v) is 7.99. The van der Waals surface area contributed by atoms with E-state index in [0.29, 0.717) is 22.3 Å². The van der Waals surface area contributed by atoms with Gasteiger partial charge in [0.1, 0.15) is 0 Å². The van der Waals surface area contributed by atoms with E-state index in [1.807, 2.05) is 84.9 Å². The van der Waals surface area contributed by atoms with Gasteiger partial charge in [0.2, 0.25) is 0 Å². The number of rotatable bonds is 0. The molecule has 0 aromatic heterocycles. The summed E-state index contributed by atoms with van der Waals surface area (Å²) in [6, 6.07) is 33.5. The lowest BCUT2D eigenvalue weighted by Crippen LogP contribution is -2.41. The zero-order valence-corrected chi connectivity index (χ0v) is 18.3. The molecule has 2 heteroatoms. The Morgan fingerprint density at radius 2 is 0.794 bits per heavy atom. The van der Waals surface area contributed by atoms with Crippen LogP contribution in [0.1, 0.15) is 33.4 Å². The van der Waals surface area contributed by atoms with Crippen LogP contribution >= 0.6 is 0 Å². The SMILES string of the molecule is OC1(C#CC#Cc2ccccc2)c2ccccc2C(O)(C#Cc2ccccc2)c2ccccc21. The minimum atomic E-state index is -1.64. The topological polar surface area (TPSA) is 40.5 Å².